The van der Waals surface area contributed by atoms with Crippen molar-refractivity contribution in [3.8, 4) is 5.75 Å². The summed E-state index contributed by atoms with van der Waals surface area (Å²) in [4.78, 5) is 14.8. The topological polar surface area (TPSA) is 72.6 Å². The highest BCUT2D eigenvalue weighted by atomic mass is 31.1. The fourth-order valence-corrected chi connectivity index (χ4v) is 4.56. The molecule has 3 aromatic rings. The molecule has 0 spiro atoms. The number of hydrogen-bond donors (Lipinski definition) is 2. The normalized spacial score (nSPS) is 13.0. The number of rotatable bonds is 17. The molecule has 2 unspecified atom stereocenters. The Hall–Kier alpha value is -2.38. The maximum absolute atomic E-state index is 14.1. The van der Waals surface area contributed by atoms with Gasteiger partial charge in [0.15, 0.2) is 0 Å². The summed E-state index contributed by atoms with van der Waals surface area (Å²) in [6.45, 7) is 3.23. The summed E-state index contributed by atoms with van der Waals surface area (Å²) in [6, 6.07) is 15.0. The van der Waals surface area contributed by atoms with E-state index < -0.39 is 12.5 Å². The first-order chi connectivity index (χ1) is 18.0. The van der Waals surface area contributed by atoms with Crippen molar-refractivity contribution in [3.05, 3.63) is 76.1 Å². The Bertz CT molecular complexity index is 1140. The van der Waals surface area contributed by atoms with Gasteiger partial charge in [0.1, 0.15) is 12.4 Å². The predicted octanol–water partition coefficient (Wildman–Crippen LogP) is 6.17. The van der Waals surface area contributed by atoms with Gasteiger partial charge in [0.2, 0.25) is 5.56 Å². The summed E-state index contributed by atoms with van der Waals surface area (Å²) in [5, 5.41) is 4.35. The molecule has 0 fully saturated rings. The number of fused-ring (bicyclic) bond motifs is 1. The number of nitrogens with one attached hydrogen (secondary N) is 2. The van der Waals surface area contributed by atoms with Gasteiger partial charge in [0, 0.05) is 37.3 Å². The van der Waals surface area contributed by atoms with E-state index in [1.54, 1.807) is 25.3 Å². The van der Waals surface area contributed by atoms with Crippen LogP contribution in [0.5, 0.6) is 5.75 Å². The number of methoxy groups -OCH3 is 1. The molecule has 202 valence electrons. The van der Waals surface area contributed by atoms with Crippen LogP contribution in [0.15, 0.2) is 59.4 Å². The van der Waals surface area contributed by atoms with Gasteiger partial charge >= 0.3 is 0 Å². The number of benzene rings is 2. The molecule has 37 heavy (non-hydrogen) atoms. The highest BCUT2D eigenvalue weighted by molar-refractivity contribution is 7.32. The lowest BCUT2D eigenvalue weighted by atomic mass is 10.0. The third kappa shape index (κ3) is 8.85. The Morgan fingerprint density at radius 2 is 1.81 bits per heavy atom. The molecule has 2 atom stereocenters. The Labute approximate surface area is 219 Å². The Morgan fingerprint density at radius 3 is 2.57 bits per heavy atom. The van der Waals surface area contributed by atoms with Gasteiger partial charge in [-0.25, -0.2) is 0 Å². The number of alkyl halides is 2. The molecule has 1 aromatic heterocycles. The number of hydrogen-bond acceptors (Lipinski definition) is 5. The van der Waals surface area contributed by atoms with E-state index in [4.69, 9.17) is 14.0 Å². The van der Waals surface area contributed by atoms with Crippen LogP contribution in [0.25, 0.3) is 10.9 Å². The molecule has 0 bridgehead atoms. The van der Waals surface area contributed by atoms with Gasteiger partial charge in [-0.15, -0.1) is 0 Å². The van der Waals surface area contributed by atoms with Crippen LogP contribution < -0.4 is 15.4 Å². The second kappa shape index (κ2) is 15.1. The van der Waals surface area contributed by atoms with E-state index in [-0.39, 0.29) is 17.2 Å². The number of unbranched alkanes of at least 4 members (excludes halogenated alkanes) is 3. The Kier molecular flexibility index (Phi) is 11.9. The van der Waals surface area contributed by atoms with E-state index >= 15 is 0 Å². The first kappa shape index (κ1) is 29.2. The molecule has 6 nitrogen and oxygen atoms in total. The summed E-state index contributed by atoms with van der Waals surface area (Å²) in [5.74, 6) is -2.29. The van der Waals surface area contributed by atoms with Crippen molar-refractivity contribution in [2.75, 3.05) is 39.6 Å². The number of halogens is 2. The van der Waals surface area contributed by atoms with Gasteiger partial charge < -0.3 is 24.3 Å². The predicted molar refractivity (Wildman–Crippen MR) is 146 cm³/mol. The first-order valence-corrected chi connectivity index (χ1v) is 13.9. The Balaban J connectivity index is 1.37. The van der Waals surface area contributed by atoms with Crippen LogP contribution in [0.3, 0.4) is 0 Å². The van der Waals surface area contributed by atoms with E-state index in [1.807, 2.05) is 25.1 Å². The molecule has 1 heterocycles. The second-order valence-electron chi connectivity index (χ2n) is 8.83. The lowest BCUT2D eigenvalue weighted by molar-refractivity contribution is -0.0831. The lowest BCUT2D eigenvalue weighted by Gasteiger charge is -2.20. The SMILES string of the molecule is CCPOc1ccc(C(CNCCCCCCOCC(F)(F)c2ccccc2)OC)c2ccc(=O)[nH]c12. The summed E-state index contributed by atoms with van der Waals surface area (Å²) in [5.41, 5.74) is 1.49. The zero-order valence-electron chi connectivity index (χ0n) is 21.5. The zero-order chi connectivity index (χ0) is 26.5. The molecule has 0 aliphatic rings. The van der Waals surface area contributed by atoms with Crippen molar-refractivity contribution < 1.29 is 22.8 Å². The van der Waals surface area contributed by atoms with E-state index in [9.17, 15) is 13.6 Å². The van der Waals surface area contributed by atoms with Crippen LogP contribution in [0.1, 0.15) is 49.8 Å². The van der Waals surface area contributed by atoms with Crippen LogP contribution in [-0.4, -0.2) is 44.6 Å². The van der Waals surface area contributed by atoms with Crippen molar-refractivity contribution in [2.24, 2.45) is 0 Å². The minimum atomic E-state index is -2.97. The molecule has 2 N–H and O–H groups in total. The quantitative estimate of drug-likeness (QED) is 0.160. The number of H-pyrrole nitrogens is 1. The number of aromatic amines is 1. The molecule has 0 aliphatic heterocycles. The molecule has 0 saturated carbocycles. The molecule has 3 rings (SSSR count). The van der Waals surface area contributed by atoms with Crippen molar-refractivity contribution in [1.82, 2.24) is 10.3 Å². The van der Waals surface area contributed by atoms with E-state index in [2.05, 4.69) is 10.3 Å². The minimum Gasteiger partial charge on any atom is -0.475 e. The summed E-state index contributed by atoms with van der Waals surface area (Å²) in [7, 11) is 2.00. The molecule has 0 amide bonds. The van der Waals surface area contributed by atoms with Gasteiger partial charge in [-0.3, -0.25) is 4.79 Å². The van der Waals surface area contributed by atoms with Crippen LogP contribution in [0.4, 0.5) is 8.78 Å². The molecule has 9 heteroatoms. The van der Waals surface area contributed by atoms with Crippen molar-refractivity contribution >= 4 is 19.7 Å². The number of pyridine rings is 1. The van der Waals surface area contributed by atoms with E-state index in [0.29, 0.717) is 33.2 Å². The second-order valence-corrected chi connectivity index (χ2v) is 10.0. The van der Waals surface area contributed by atoms with Gasteiger partial charge in [0.05, 0.1) is 20.4 Å². The minimum absolute atomic E-state index is 0.0159. The lowest BCUT2D eigenvalue weighted by Crippen LogP contribution is -2.24. The first-order valence-electron chi connectivity index (χ1n) is 12.8. The third-order valence-electron chi connectivity index (χ3n) is 6.05. The van der Waals surface area contributed by atoms with E-state index in [1.165, 1.54) is 18.2 Å². The van der Waals surface area contributed by atoms with Crippen LogP contribution in [-0.2, 0) is 15.4 Å². The Morgan fingerprint density at radius 1 is 1.03 bits per heavy atom. The molecular formula is C28H37F2N2O4P. The fourth-order valence-electron chi connectivity index (χ4n) is 4.09. The molecule has 0 aliphatic carbocycles. The summed E-state index contributed by atoms with van der Waals surface area (Å²) < 4.78 is 45.0. The summed E-state index contributed by atoms with van der Waals surface area (Å²) >= 11 is 0. The fraction of sp³-hybridized carbons (Fsp3) is 0.464. The highest BCUT2D eigenvalue weighted by Crippen LogP contribution is 2.33. The average Bonchev–Trinajstić information content (AvgIpc) is 2.91. The number of aromatic nitrogens is 1. The van der Waals surface area contributed by atoms with Gasteiger partial charge in [0.25, 0.3) is 5.92 Å². The van der Waals surface area contributed by atoms with Crippen LogP contribution in [0, 0.1) is 0 Å². The maximum Gasteiger partial charge on any atom is 0.296 e. The van der Waals surface area contributed by atoms with Crippen molar-refractivity contribution in [2.45, 2.75) is 44.6 Å². The van der Waals surface area contributed by atoms with Crippen molar-refractivity contribution in [1.29, 1.82) is 0 Å². The van der Waals surface area contributed by atoms with Gasteiger partial charge in [-0.05, 0) is 43.2 Å². The third-order valence-corrected chi connectivity index (χ3v) is 6.70. The number of ether oxygens (including phenoxy) is 2. The van der Waals surface area contributed by atoms with Gasteiger partial charge in [-0.2, -0.15) is 8.78 Å². The summed E-state index contributed by atoms with van der Waals surface area (Å²) in [6.07, 6.45) is 4.35. The maximum atomic E-state index is 14.1. The van der Waals surface area contributed by atoms with Crippen LogP contribution in [0.2, 0.25) is 0 Å². The standard InChI is InChI=1S/C28H37F2N2O4P/c1-3-37-36-24-15-13-22(23-14-16-26(33)32-27(23)24)25(34-2)19-31-17-9-4-5-10-18-35-20-28(29,30)21-11-7-6-8-12-21/h6-8,11-16,25,31,37H,3-5,9-10,17-20H2,1-2H3,(H,32,33). The molecule has 2 aromatic carbocycles. The largest absolute Gasteiger partial charge is 0.475 e. The highest BCUT2D eigenvalue weighted by Gasteiger charge is 2.31. The van der Waals surface area contributed by atoms with Crippen molar-refractivity contribution in [3.63, 3.8) is 0 Å². The smallest absolute Gasteiger partial charge is 0.296 e. The van der Waals surface area contributed by atoms with E-state index in [0.717, 1.165) is 49.3 Å². The zero-order valence-corrected chi connectivity index (χ0v) is 22.5. The monoisotopic (exact) mass is 534 g/mol. The van der Waals surface area contributed by atoms with Gasteiger partial charge in [-0.1, -0.05) is 56.2 Å². The molecule has 0 radical (unpaired) electrons. The molecular weight excluding hydrogens is 497 g/mol. The average molecular weight is 535 g/mol. The van der Waals surface area contributed by atoms with Crippen LogP contribution >= 0.6 is 8.81 Å². The molecule has 0 saturated heterocycles.